The fourth-order valence-electron chi connectivity index (χ4n) is 7.35. The van der Waals surface area contributed by atoms with Crippen molar-refractivity contribution in [1.29, 1.82) is 0 Å². The molecule has 3 unspecified atom stereocenters. The van der Waals surface area contributed by atoms with Crippen LogP contribution in [-0.2, 0) is 11.2 Å². The van der Waals surface area contributed by atoms with Crippen LogP contribution in [0.4, 0.5) is 0 Å². The predicted molar refractivity (Wildman–Crippen MR) is 139 cm³/mol. The number of aromatic hydroxyl groups is 1. The van der Waals surface area contributed by atoms with E-state index in [-0.39, 0.29) is 23.6 Å². The number of nitrogens with one attached hydrogen (secondary N) is 1. The summed E-state index contributed by atoms with van der Waals surface area (Å²) in [5, 5.41) is 24.5. The molecule has 6 nitrogen and oxygen atoms in total. The highest BCUT2D eigenvalue weighted by atomic mass is 16.5. The summed E-state index contributed by atoms with van der Waals surface area (Å²) in [6, 6.07) is 11.5. The zero-order valence-electron chi connectivity index (χ0n) is 21.4. The summed E-state index contributed by atoms with van der Waals surface area (Å²) in [5.74, 6) is 2.67. The number of phenols is 1. The van der Waals surface area contributed by atoms with E-state index in [4.69, 9.17) is 9.47 Å². The number of phenolic OH excluding ortho intramolecular Hbond substituents is 1. The summed E-state index contributed by atoms with van der Waals surface area (Å²) in [6.45, 7) is 2.50. The SMILES string of the molecule is COc1ccc2c(c1)CCC1C2CC[C@@]2(C)C1CC[C@@]2(O)CNC(=O)/C=C/c1ccc(O)c(OC)c1. The quantitative estimate of drug-likeness (QED) is 0.504. The molecule has 5 atom stereocenters. The molecule has 2 saturated carbocycles. The maximum absolute atomic E-state index is 12.6. The molecule has 3 N–H and O–H groups in total. The second-order valence-electron chi connectivity index (χ2n) is 11.0. The first kappa shape index (κ1) is 24.7. The standard InChI is InChI=1S/C30H37NO5/c1-29-14-12-23-22-9-7-21(35-2)17-20(22)6-8-24(23)25(29)13-15-30(29,34)18-31-28(33)11-5-19-4-10-26(32)27(16-19)36-3/h4-5,7,9-11,16-17,23-25,32,34H,6,8,12-15,18H2,1-3H3,(H,31,33)/b11-5+/t23?,24?,25?,29-,30+/m0/s1. The number of hydrogen-bond donors (Lipinski definition) is 3. The van der Waals surface area contributed by atoms with E-state index >= 15 is 0 Å². The number of aliphatic hydroxyl groups is 1. The highest BCUT2D eigenvalue weighted by Crippen LogP contribution is 2.64. The van der Waals surface area contributed by atoms with Crippen LogP contribution < -0.4 is 14.8 Å². The van der Waals surface area contributed by atoms with E-state index in [1.807, 2.05) is 0 Å². The third kappa shape index (κ3) is 4.15. The summed E-state index contributed by atoms with van der Waals surface area (Å²) in [5.41, 5.74) is 2.51. The number of aryl methyl sites for hydroxylation is 1. The van der Waals surface area contributed by atoms with E-state index in [9.17, 15) is 15.0 Å². The van der Waals surface area contributed by atoms with Gasteiger partial charge in [-0.1, -0.05) is 19.1 Å². The first-order valence-corrected chi connectivity index (χ1v) is 13.0. The fourth-order valence-corrected chi connectivity index (χ4v) is 7.35. The molecule has 0 spiro atoms. The fraction of sp³-hybridized carbons (Fsp3) is 0.500. The van der Waals surface area contributed by atoms with Gasteiger partial charge in [-0.05, 0) is 103 Å². The van der Waals surface area contributed by atoms with Gasteiger partial charge in [0.1, 0.15) is 5.75 Å². The number of carbonyl (C=O) groups excluding carboxylic acids is 1. The Bertz CT molecular complexity index is 1180. The normalized spacial score (nSPS) is 30.8. The van der Waals surface area contributed by atoms with Gasteiger partial charge in [-0.3, -0.25) is 4.79 Å². The van der Waals surface area contributed by atoms with Crippen LogP contribution in [-0.4, -0.2) is 42.5 Å². The average molecular weight is 492 g/mol. The van der Waals surface area contributed by atoms with Gasteiger partial charge < -0.3 is 25.0 Å². The summed E-state index contributed by atoms with van der Waals surface area (Å²) < 4.78 is 10.6. The van der Waals surface area contributed by atoms with Crippen molar-refractivity contribution in [3.05, 3.63) is 59.2 Å². The lowest BCUT2D eigenvalue weighted by molar-refractivity contribution is -0.123. The van der Waals surface area contributed by atoms with Gasteiger partial charge >= 0.3 is 0 Å². The Morgan fingerprint density at radius 2 is 1.94 bits per heavy atom. The maximum Gasteiger partial charge on any atom is 0.244 e. The third-order valence-corrected chi connectivity index (χ3v) is 9.44. The van der Waals surface area contributed by atoms with Gasteiger partial charge in [0.25, 0.3) is 0 Å². The molecule has 0 radical (unpaired) electrons. The Kier molecular flexibility index (Phi) is 6.50. The Morgan fingerprint density at radius 3 is 2.72 bits per heavy atom. The summed E-state index contributed by atoms with van der Waals surface area (Å²) in [7, 11) is 3.21. The summed E-state index contributed by atoms with van der Waals surface area (Å²) in [4.78, 5) is 12.6. The van der Waals surface area contributed by atoms with E-state index in [1.54, 1.807) is 25.3 Å². The number of amides is 1. The number of ether oxygens (including phenoxy) is 2. The van der Waals surface area contributed by atoms with Gasteiger partial charge in [0.15, 0.2) is 11.5 Å². The van der Waals surface area contributed by atoms with E-state index in [2.05, 4.69) is 30.4 Å². The molecule has 0 saturated heterocycles. The molecule has 192 valence electrons. The van der Waals surface area contributed by atoms with Gasteiger partial charge in [-0.25, -0.2) is 0 Å². The Morgan fingerprint density at radius 1 is 1.11 bits per heavy atom. The van der Waals surface area contributed by atoms with Crippen molar-refractivity contribution in [2.75, 3.05) is 20.8 Å². The van der Waals surface area contributed by atoms with Gasteiger partial charge in [0.05, 0.1) is 19.8 Å². The van der Waals surface area contributed by atoms with E-state index < -0.39 is 5.60 Å². The minimum atomic E-state index is -0.909. The van der Waals surface area contributed by atoms with E-state index in [1.165, 1.54) is 30.4 Å². The largest absolute Gasteiger partial charge is 0.504 e. The van der Waals surface area contributed by atoms with Gasteiger partial charge in [-0.15, -0.1) is 0 Å². The molecule has 0 aromatic heterocycles. The zero-order chi connectivity index (χ0) is 25.5. The first-order chi connectivity index (χ1) is 17.3. The molecule has 0 heterocycles. The van der Waals surface area contributed by atoms with Crippen LogP contribution >= 0.6 is 0 Å². The lowest BCUT2D eigenvalue weighted by Crippen LogP contribution is -2.55. The molecule has 0 bridgehead atoms. The average Bonchev–Trinajstić information content (AvgIpc) is 3.17. The second-order valence-corrected chi connectivity index (χ2v) is 11.0. The van der Waals surface area contributed by atoms with Gasteiger partial charge in [-0.2, -0.15) is 0 Å². The number of methoxy groups -OCH3 is 2. The van der Waals surface area contributed by atoms with Crippen LogP contribution in [0.25, 0.3) is 6.08 Å². The van der Waals surface area contributed by atoms with Crippen LogP contribution in [0.5, 0.6) is 17.2 Å². The molecule has 2 aromatic carbocycles. The van der Waals surface area contributed by atoms with Crippen LogP contribution in [0.3, 0.4) is 0 Å². The highest BCUT2D eigenvalue weighted by molar-refractivity contribution is 5.91. The molecule has 6 heteroatoms. The minimum absolute atomic E-state index is 0.0567. The molecule has 0 aliphatic heterocycles. The molecule has 2 aromatic rings. The topological polar surface area (TPSA) is 88.0 Å². The lowest BCUT2D eigenvalue weighted by atomic mass is 9.53. The molecule has 5 rings (SSSR count). The molecule has 36 heavy (non-hydrogen) atoms. The molecule has 2 fully saturated rings. The van der Waals surface area contributed by atoms with Crippen molar-refractivity contribution in [2.45, 2.75) is 57.0 Å². The van der Waals surface area contributed by atoms with E-state index in [0.29, 0.717) is 29.9 Å². The molecule has 1 amide bonds. The van der Waals surface area contributed by atoms with Crippen molar-refractivity contribution in [3.63, 3.8) is 0 Å². The van der Waals surface area contributed by atoms with Crippen molar-refractivity contribution in [1.82, 2.24) is 5.32 Å². The minimum Gasteiger partial charge on any atom is -0.504 e. The Hall–Kier alpha value is -2.99. The van der Waals surface area contributed by atoms with Crippen molar-refractivity contribution < 1.29 is 24.5 Å². The van der Waals surface area contributed by atoms with Crippen LogP contribution in [0.15, 0.2) is 42.5 Å². The van der Waals surface area contributed by atoms with Crippen molar-refractivity contribution >= 4 is 12.0 Å². The van der Waals surface area contributed by atoms with E-state index in [0.717, 1.165) is 43.4 Å². The highest BCUT2D eigenvalue weighted by Gasteiger charge is 2.61. The molecule has 3 aliphatic carbocycles. The van der Waals surface area contributed by atoms with Gasteiger partial charge in [0.2, 0.25) is 5.91 Å². The smallest absolute Gasteiger partial charge is 0.244 e. The monoisotopic (exact) mass is 491 g/mol. The zero-order valence-corrected chi connectivity index (χ0v) is 21.4. The first-order valence-electron chi connectivity index (χ1n) is 13.0. The second kappa shape index (κ2) is 9.47. The Labute approximate surface area is 213 Å². The molecule has 3 aliphatic rings. The Balaban J connectivity index is 1.26. The van der Waals surface area contributed by atoms with Crippen molar-refractivity contribution in [3.8, 4) is 17.2 Å². The maximum atomic E-state index is 12.6. The summed E-state index contributed by atoms with van der Waals surface area (Å²) in [6.07, 6.45) is 9.09. The van der Waals surface area contributed by atoms with Crippen LogP contribution in [0.1, 0.15) is 61.6 Å². The van der Waals surface area contributed by atoms with Crippen LogP contribution in [0.2, 0.25) is 0 Å². The third-order valence-electron chi connectivity index (χ3n) is 9.44. The summed E-state index contributed by atoms with van der Waals surface area (Å²) >= 11 is 0. The number of benzene rings is 2. The number of rotatable bonds is 6. The number of hydrogen-bond acceptors (Lipinski definition) is 5. The molecular formula is C30H37NO5. The lowest BCUT2D eigenvalue weighted by Gasteiger charge is -2.53. The van der Waals surface area contributed by atoms with Crippen molar-refractivity contribution in [2.24, 2.45) is 17.3 Å². The number of fused-ring (bicyclic) bond motifs is 5. The van der Waals surface area contributed by atoms with Gasteiger partial charge in [0, 0.05) is 18.0 Å². The molecular weight excluding hydrogens is 454 g/mol. The predicted octanol–water partition coefficient (Wildman–Crippen LogP) is 4.83. The van der Waals surface area contributed by atoms with Crippen LogP contribution in [0, 0.1) is 17.3 Å². The number of carbonyl (C=O) groups is 1.